The summed E-state index contributed by atoms with van der Waals surface area (Å²) in [6.45, 7) is 2.86. The molecule has 1 saturated heterocycles. The lowest BCUT2D eigenvalue weighted by Crippen LogP contribution is -2.59. The van der Waals surface area contributed by atoms with E-state index in [2.05, 4.69) is 65.3 Å². The third-order valence-corrected chi connectivity index (χ3v) is 5.32. The van der Waals surface area contributed by atoms with Crippen molar-refractivity contribution in [3.63, 3.8) is 0 Å². The zero-order chi connectivity index (χ0) is 17.9. The molecule has 1 aliphatic rings. The van der Waals surface area contributed by atoms with Crippen LogP contribution in [0.5, 0.6) is 0 Å². The molecule has 4 rings (SSSR count). The lowest BCUT2D eigenvalue weighted by atomic mass is 9.87. The van der Waals surface area contributed by atoms with Gasteiger partial charge in [-0.05, 0) is 36.8 Å². The van der Waals surface area contributed by atoms with E-state index in [1.165, 1.54) is 5.69 Å². The number of anilines is 2. The van der Waals surface area contributed by atoms with E-state index in [1.807, 2.05) is 42.5 Å². The van der Waals surface area contributed by atoms with Gasteiger partial charge < -0.3 is 14.9 Å². The maximum Gasteiger partial charge on any atom is 0.137 e. The lowest BCUT2D eigenvalue weighted by Gasteiger charge is -2.50. The first-order chi connectivity index (χ1) is 12.8. The van der Waals surface area contributed by atoms with Crippen LogP contribution in [0.15, 0.2) is 91.0 Å². The van der Waals surface area contributed by atoms with Crippen LogP contribution in [-0.2, 0) is 0 Å². The monoisotopic (exact) mass is 344 g/mol. The molecule has 1 fully saturated rings. The Kier molecular flexibility index (Phi) is 4.63. The van der Waals surface area contributed by atoms with Crippen molar-refractivity contribution in [3.8, 4) is 0 Å². The Bertz CT molecular complexity index is 771. The van der Waals surface area contributed by atoms with Crippen LogP contribution in [0, 0.1) is 0 Å². The minimum Gasteiger partial charge on any atom is -0.373 e. The van der Waals surface area contributed by atoms with E-state index in [0.717, 1.165) is 11.3 Å². The van der Waals surface area contributed by atoms with Gasteiger partial charge in [0.1, 0.15) is 6.23 Å². The molecule has 132 valence electrons. The highest BCUT2D eigenvalue weighted by Gasteiger charge is 2.40. The summed E-state index contributed by atoms with van der Waals surface area (Å²) in [6, 6.07) is 31.1. The Labute approximate surface area is 155 Å². The van der Waals surface area contributed by atoms with E-state index in [4.69, 9.17) is 0 Å². The van der Waals surface area contributed by atoms with Gasteiger partial charge in [0.05, 0.1) is 6.67 Å². The second kappa shape index (κ2) is 7.22. The number of benzene rings is 3. The van der Waals surface area contributed by atoms with Crippen molar-refractivity contribution in [3.05, 3.63) is 96.6 Å². The van der Waals surface area contributed by atoms with E-state index in [-0.39, 0.29) is 12.0 Å². The molecule has 0 aromatic heterocycles. The number of aliphatic hydroxyl groups excluding tert-OH is 1. The smallest absolute Gasteiger partial charge is 0.137 e. The quantitative estimate of drug-likeness (QED) is 0.760. The van der Waals surface area contributed by atoms with Crippen LogP contribution in [0.1, 0.15) is 18.4 Å². The van der Waals surface area contributed by atoms with Crippen LogP contribution in [-0.4, -0.2) is 24.0 Å². The minimum atomic E-state index is -0.574. The summed E-state index contributed by atoms with van der Waals surface area (Å²) in [5, 5.41) is 11.3. The third-order valence-electron chi connectivity index (χ3n) is 5.32. The van der Waals surface area contributed by atoms with Crippen LogP contribution in [0.25, 0.3) is 0 Å². The minimum absolute atomic E-state index is 0.00892. The first-order valence-corrected chi connectivity index (χ1v) is 9.12. The molecule has 0 saturated carbocycles. The molecule has 3 aromatic rings. The molecule has 1 N–H and O–H groups in total. The summed E-state index contributed by atoms with van der Waals surface area (Å²) in [5.41, 5.74) is 3.37. The predicted octanol–water partition coefficient (Wildman–Crippen LogP) is 4.46. The molecule has 3 unspecified atom stereocenters. The summed E-state index contributed by atoms with van der Waals surface area (Å²) in [4.78, 5) is 4.46. The Hall–Kier alpha value is -2.78. The van der Waals surface area contributed by atoms with Crippen molar-refractivity contribution in [1.29, 1.82) is 0 Å². The van der Waals surface area contributed by atoms with Crippen molar-refractivity contribution < 1.29 is 5.11 Å². The SMILES string of the molecule is CC1C(c2ccccc2)C(O)N(c2ccccc2)CN1c1ccccc1. The van der Waals surface area contributed by atoms with Crippen LogP contribution in [0.3, 0.4) is 0 Å². The number of aliphatic hydroxyl groups is 1. The van der Waals surface area contributed by atoms with Crippen molar-refractivity contribution in [1.82, 2.24) is 0 Å². The molecule has 0 radical (unpaired) electrons. The number of hydrogen-bond acceptors (Lipinski definition) is 3. The topological polar surface area (TPSA) is 26.7 Å². The van der Waals surface area contributed by atoms with Crippen molar-refractivity contribution in [2.45, 2.75) is 25.1 Å². The summed E-state index contributed by atoms with van der Waals surface area (Å²) < 4.78 is 0. The lowest BCUT2D eigenvalue weighted by molar-refractivity contribution is 0.108. The Morgan fingerprint density at radius 2 is 1.15 bits per heavy atom. The Morgan fingerprint density at radius 3 is 1.69 bits per heavy atom. The van der Waals surface area contributed by atoms with Crippen molar-refractivity contribution in [2.75, 3.05) is 16.5 Å². The van der Waals surface area contributed by atoms with Gasteiger partial charge >= 0.3 is 0 Å². The summed E-state index contributed by atoms with van der Waals surface area (Å²) in [6.07, 6.45) is -0.574. The van der Waals surface area contributed by atoms with Crippen molar-refractivity contribution in [2.24, 2.45) is 0 Å². The molecule has 26 heavy (non-hydrogen) atoms. The fourth-order valence-corrected chi connectivity index (χ4v) is 3.93. The molecule has 0 aliphatic carbocycles. The van der Waals surface area contributed by atoms with E-state index < -0.39 is 6.23 Å². The maximum absolute atomic E-state index is 11.3. The number of hydrogen-bond donors (Lipinski definition) is 1. The molecule has 1 aliphatic heterocycles. The Balaban J connectivity index is 1.77. The van der Waals surface area contributed by atoms with Gasteiger partial charge in [0.2, 0.25) is 0 Å². The fraction of sp³-hybridized carbons (Fsp3) is 0.217. The molecule has 0 amide bonds. The number of rotatable bonds is 3. The molecular weight excluding hydrogens is 320 g/mol. The van der Waals surface area contributed by atoms with Crippen molar-refractivity contribution >= 4 is 11.4 Å². The van der Waals surface area contributed by atoms with Gasteiger partial charge in [-0.2, -0.15) is 0 Å². The van der Waals surface area contributed by atoms with E-state index in [9.17, 15) is 5.11 Å². The highest BCUT2D eigenvalue weighted by atomic mass is 16.3. The highest BCUT2D eigenvalue weighted by molar-refractivity contribution is 5.56. The molecule has 3 heteroatoms. The molecule has 0 bridgehead atoms. The van der Waals surface area contributed by atoms with Crippen LogP contribution in [0.2, 0.25) is 0 Å². The molecule has 3 nitrogen and oxygen atoms in total. The van der Waals surface area contributed by atoms with Gasteiger partial charge in [-0.15, -0.1) is 0 Å². The summed E-state index contributed by atoms with van der Waals surface area (Å²) in [5.74, 6) is -0.00892. The first kappa shape index (κ1) is 16.7. The van der Waals surface area contributed by atoms with Crippen LogP contribution < -0.4 is 9.80 Å². The van der Waals surface area contributed by atoms with E-state index in [0.29, 0.717) is 6.67 Å². The number of nitrogens with zero attached hydrogens (tertiary/aromatic N) is 2. The molecule has 3 atom stereocenters. The Morgan fingerprint density at radius 1 is 0.692 bits per heavy atom. The zero-order valence-corrected chi connectivity index (χ0v) is 14.9. The average Bonchev–Trinajstić information content (AvgIpc) is 2.70. The largest absolute Gasteiger partial charge is 0.373 e. The van der Waals surface area contributed by atoms with Gasteiger partial charge in [0.25, 0.3) is 0 Å². The molecule has 3 aromatic carbocycles. The van der Waals surface area contributed by atoms with E-state index >= 15 is 0 Å². The predicted molar refractivity (Wildman–Crippen MR) is 107 cm³/mol. The van der Waals surface area contributed by atoms with Gasteiger partial charge in [-0.25, -0.2) is 0 Å². The first-order valence-electron chi connectivity index (χ1n) is 9.12. The molecule has 0 spiro atoms. The highest BCUT2D eigenvalue weighted by Crippen LogP contribution is 2.37. The van der Waals surface area contributed by atoms with E-state index in [1.54, 1.807) is 0 Å². The second-order valence-corrected chi connectivity index (χ2v) is 6.84. The number of para-hydroxylation sites is 2. The van der Waals surface area contributed by atoms with Crippen LogP contribution in [0.4, 0.5) is 11.4 Å². The maximum atomic E-state index is 11.3. The zero-order valence-electron chi connectivity index (χ0n) is 14.9. The standard InChI is InChI=1S/C23H24N2O/c1-18-22(19-11-5-2-6-12-19)23(26)25(21-15-9-4-10-16-21)17-24(18)20-13-7-3-8-14-20/h2-16,18,22-23,26H,17H2,1H3. The third kappa shape index (κ3) is 3.06. The normalized spacial score (nSPS) is 23.1. The summed E-state index contributed by atoms with van der Waals surface area (Å²) >= 11 is 0. The summed E-state index contributed by atoms with van der Waals surface area (Å²) in [7, 11) is 0. The van der Waals surface area contributed by atoms with Gasteiger partial charge in [0, 0.05) is 23.3 Å². The average molecular weight is 344 g/mol. The van der Waals surface area contributed by atoms with Crippen LogP contribution >= 0.6 is 0 Å². The second-order valence-electron chi connectivity index (χ2n) is 6.84. The molecular formula is C23H24N2O. The van der Waals surface area contributed by atoms with Gasteiger partial charge in [-0.3, -0.25) is 0 Å². The fourth-order valence-electron chi connectivity index (χ4n) is 3.93. The van der Waals surface area contributed by atoms with Gasteiger partial charge in [-0.1, -0.05) is 66.7 Å². The van der Waals surface area contributed by atoms with Gasteiger partial charge in [0.15, 0.2) is 0 Å². The molecule has 1 heterocycles.